The standard InChI is InChI=1S/C23H20O3/c1-2-8-20-11-6-7-12-22(20)25-17-23(24)26-21-15-13-19(14-16-21)18-9-4-3-5-10-18/h2-7,9-16H,1,8,17H2. The Balaban J connectivity index is 1.58. The highest BCUT2D eigenvalue weighted by Crippen LogP contribution is 2.22. The molecule has 0 unspecified atom stereocenters. The molecule has 0 radical (unpaired) electrons. The number of esters is 1. The minimum Gasteiger partial charge on any atom is -0.482 e. The molecular weight excluding hydrogens is 324 g/mol. The summed E-state index contributed by atoms with van der Waals surface area (Å²) in [6, 6.07) is 25.0. The van der Waals surface area contributed by atoms with Gasteiger partial charge in [0.1, 0.15) is 11.5 Å². The molecule has 130 valence electrons. The zero-order chi connectivity index (χ0) is 18.2. The predicted octanol–water partition coefficient (Wildman–Crippen LogP) is 5.07. The molecule has 3 heteroatoms. The molecule has 0 saturated carbocycles. The van der Waals surface area contributed by atoms with Gasteiger partial charge < -0.3 is 9.47 Å². The van der Waals surface area contributed by atoms with Crippen molar-refractivity contribution in [2.75, 3.05) is 6.61 Å². The average molecular weight is 344 g/mol. The van der Waals surface area contributed by atoms with Crippen molar-refractivity contribution in [3.05, 3.63) is 97.1 Å². The number of rotatable bonds is 7. The van der Waals surface area contributed by atoms with Crippen LogP contribution in [0.5, 0.6) is 11.5 Å². The summed E-state index contributed by atoms with van der Waals surface area (Å²) < 4.78 is 10.9. The summed E-state index contributed by atoms with van der Waals surface area (Å²) in [5.41, 5.74) is 3.18. The Morgan fingerprint density at radius 2 is 1.50 bits per heavy atom. The second-order valence-corrected chi connectivity index (χ2v) is 5.75. The van der Waals surface area contributed by atoms with E-state index in [4.69, 9.17) is 9.47 Å². The SMILES string of the molecule is C=CCc1ccccc1OCC(=O)Oc1ccc(-c2ccccc2)cc1. The number of carbonyl (C=O) groups excluding carboxylic acids is 1. The van der Waals surface area contributed by atoms with Crippen LogP contribution in [0.1, 0.15) is 5.56 Å². The predicted molar refractivity (Wildman–Crippen MR) is 103 cm³/mol. The van der Waals surface area contributed by atoms with Gasteiger partial charge in [-0.15, -0.1) is 6.58 Å². The van der Waals surface area contributed by atoms with Crippen LogP contribution in [0.15, 0.2) is 91.5 Å². The second kappa shape index (κ2) is 8.67. The van der Waals surface area contributed by atoms with Crippen molar-refractivity contribution in [3.63, 3.8) is 0 Å². The van der Waals surface area contributed by atoms with Gasteiger partial charge in [0.05, 0.1) is 0 Å². The number of ether oxygens (including phenoxy) is 2. The number of carbonyl (C=O) groups is 1. The van der Waals surface area contributed by atoms with Crippen molar-refractivity contribution in [2.45, 2.75) is 6.42 Å². The maximum absolute atomic E-state index is 12.0. The molecule has 0 fully saturated rings. The summed E-state index contributed by atoms with van der Waals surface area (Å²) in [5, 5.41) is 0. The van der Waals surface area contributed by atoms with Gasteiger partial charge in [0.2, 0.25) is 0 Å². The van der Waals surface area contributed by atoms with E-state index in [1.54, 1.807) is 18.2 Å². The maximum Gasteiger partial charge on any atom is 0.349 e. The van der Waals surface area contributed by atoms with Crippen LogP contribution in [0.4, 0.5) is 0 Å². The van der Waals surface area contributed by atoms with Gasteiger partial charge in [-0.2, -0.15) is 0 Å². The van der Waals surface area contributed by atoms with E-state index >= 15 is 0 Å². The number of para-hydroxylation sites is 1. The lowest BCUT2D eigenvalue weighted by Crippen LogP contribution is -2.18. The lowest BCUT2D eigenvalue weighted by molar-refractivity contribution is -0.136. The number of hydrogen-bond acceptors (Lipinski definition) is 3. The topological polar surface area (TPSA) is 35.5 Å². The largest absolute Gasteiger partial charge is 0.482 e. The Morgan fingerprint density at radius 3 is 2.23 bits per heavy atom. The summed E-state index contributed by atoms with van der Waals surface area (Å²) >= 11 is 0. The molecule has 0 aliphatic heterocycles. The van der Waals surface area contributed by atoms with Crippen LogP contribution in [0, 0.1) is 0 Å². The van der Waals surface area contributed by atoms with Crippen molar-refractivity contribution in [1.82, 2.24) is 0 Å². The van der Waals surface area contributed by atoms with Gasteiger partial charge in [-0.1, -0.05) is 66.7 Å². The van der Waals surface area contributed by atoms with E-state index in [0.717, 1.165) is 16.7 Å². The first-order valence-electron chi connectivity index (χ1n) is 8.44. The van der Waals surface area contributed by atoms with Gasteiger partial charge in [0.15, 0.2) is 6.61 Å². The molecule has 0 aromatic heterocycles. The summed E-state index contributed by atoms with van der Waals surface area (Å²) in [6.07, 6.45) is 2.49. The van der Waals surface area contributed by atoms with Gasteiger partial charge in [-0.25, -0.2) is 4.79 Å². The number of benzene rings is 3. The van der Waals surface area contributed by atoms with E-state index in [1.807, 2.05) is 66.7 Å². The van der Waals surface area contributed by atoms with Crippen LogP contribution in [-0.2, 0) is 11.2 Å². The van der Waals surface area contributed by atoms with E-state index < -0.39 is 5.97 Å². The van der Waals surface area contributed by atoms with E-state index in [9.17, 15) is 4.79 Å². The van der Waals surface area contributed by atoms with Crippen molar-refractivity contribution in [1.29, 1.82) is 0 Å². The molecule has 0 aliphatic carbocycles. The van der Waals surface area contributed by atoms with Crippen LogP contribution < -0.4 is 9.47 Å². The minimum atomic E-state index is -0.439. The molecule has 0 spiro atoms. The van der Waals surface area contributed by atoms with Gasteiger partial charge in [-0.05, 0) is 41.3 Å². The molecular formula is C23H20O3. The Bertz CT molecular complexity index is 867. The number of allylic oxidation sites excluding steroid dienone is 1. The summed E-state index contributed by atoms with van der Waals surface area (Å²) in [4.78, 5) is 12.0. The molecule has 0 N–H and O–H groups in total. The van der Waals surface area contributed by atoms with Crippen LogP contribution in [-0.4, -0.2) is 12.6 Å². The highest BCUT2D eigenvalue weighted by Gasteiger charge is 2.08. The van der Waals surface area contributed by atoms with Gasteiger partial charge in [0, 0.05) is 0 Å². The van der Waals surface area contributed by atoms with E-state index in [1.165, 1.54) is 0 Å². The van der Waals surface area contributed by atoms with Gasteiger partial charge in [0.25, 0.3) is 0 Å². The van der Waals surface area contributed by atoms with Crippen molar-refractivity contribution in [2.24, 2.45) is 0 Å². The molecule has 0 atom stereocenters. The Hall–Kier alpha value is -3.33. The highest BCUT2D eigenvalue weighted by atomic mass is 16.6. The molecule has 26 heavy (non-hydrogen) atoms. The fourth-order valence-electron chi connectivity index (χ4n) is 2.61. The second-order valence-electron chi connectivity index (χ2n) is 5.75. The fraction of sp³-hybridized carbons (Fsp3) is 0.0870. The molecule has 0 saturated heterocycles. The first kappa shape index (κ1) is 17.5. The van der Waals surface area contributed by atoms with Crippen molar-refractivity contribution >= 4 is 5.97 Å². The first-order chi connectivity index (χ1) is 12.8. The smallest absolute Gasteiger partial charge is 0.349 e. The van der Waals surface area contributed by atoms with Crippen LogP contribution in [0.3, 0.4) is 0 Å². The molecule has 3 aromatic carbocycles. The van der Waals surface area contributed by atoms with Crippen LogP contribution in [0.25, 0.3) is 11.1 Å². The average Bonchev–Trinajstić information content (AvgIpc) is 2.69. The third kappa shape index (κ3) is 4.61. The summed E-state index contributed by atoms with van der Waals surface area (Å²) in [5.74, 6) is 0.729. The maximum atomic E-state index is 12.0. The normalized spacial score (nSPS) is 10.2. The lowest BCUT2D eigenvalue weighted by atomic mass is 10.1. The molecule has 0 heterocycles. The zero-order valence-electron chi connectivity index (χ0n) is 14.4. The van der Waals surface area contributed by atoms with Crippen LogP contribution >= 0.6 is 0 Å². The monoisotopic (exact) mass is 344 g/mol. The van der Waals surface area contributed by atoms with Gasteiger partial charge >= 0.3 is 5.97 Å². The third-order valence-corrected chi connectivity index (χ3v) is 3.88. The molecule has 3 aromatic rings. The van der Waals surface area contributed by atoms with E-state index in [0.29, 0.717) is 17.9 Å². The van der Waals surface area contributed by atoms with Gasteiger partial charge in [-0.3, -0.25) is 0 Å². The molecule has 3 nitrogen and oxygen atoms in total. The first-order valence-corrected chi connectivity index (χ1v) is 8.44. The Kier molecular flexibility index (Phi) is 5.84. The Labute approximate surface area is 153 Å². The molecule has 3 rings (SSSR count). The molecule has 0 aliphatic rings. The molecule has 0 bridgehead atoms. The minimum absolute atomic E-state index is 0.144. The summed E-state index contributed by atoms with van der Waals surface area (Å²) in [7, 11) is 0. The van der Waals surface area contributed by atoms with E-state index in [2.05, 4.69) is 6.58 Å². The van der Waals surface area contributed by atoms with Crippen molar-refractivity contribution in [3.8, 4) is 22.6 Å². The fourth-order valence-corrected chi connectivity index (χ4v) is 2.61. The molecule has 0 amide bonds. The lowest BCUT2D eigenvalue weighted by Gasteiger charge is -2.10. The van der Waals surface area contributed by atoms with Crippen molar-refractivity contribution < 1.29 is 14.3 Å². The quantitative estimate of drug-likeness (QED) is 0.341. The highest BCUT2D eigenvalue weighted by molar-refractivity contribution is 5.74. The zero-order valence-corrected chi connectivity index (χ0v) is 14.4. The van der Waals surface area contributed by atoms with E-state index in [-0.39, 0.29) is 6.61 Å². The summed E-state index contributed by atoms with van der Waals surface area (Å²) in [6.45, 7) is 3.59. The third-order valence-electron chi connectivity index (χ3n) is 3.88. The van der Waals surface area contributed by atoms with Crippen LogP contribution in [0.2, 0.25) is 0 Å². The Morgan fingerprint density at radius 1 is 0.846 bits per heavy atom. The number of hydrogen-bond donors (Lipinski definition) is 0.